The largest absolute Gasteiger partial charge is 0.362 e. The summed E-state index contributed by atoms with van der Waals surface area (Å²) in [5, 5.41) is 0. The highest BCUT2D eigenvalue weighted by atomic mass is 15.4. The van der Waals surface area contributed by atoms with Crippen molar-refractivity contribution in [2.24, 2.45) is 4.99 Å². The standard InChI is InChI=1S/C41H72N6/c1-29(2)43(30(3)4)37-38-40(46(35-25-17-11-18-26-35)39(37)44(31(5)6)32(7)8)47(36-27-19-12-20-28-36)41(42-33-21-13-9-14-22-33)45(38)34-23-15-10-16-24-34/h29-36H,9-28H2,1-8H3. The van der Waals surface area contributed by atoms with Crippen LogP contribution in [0.3, 0.4) is 0 Å². The Labute approximate surface area is 288 Å². The molecule has 0 unspecified atom stereocenters. The zero-order valence-corrected chi connectivity index (χ0v) is 31.9. The first-order valence-electron chi connectivity index (χ1n) is 20.7. The maximum atomic E-state index is 5.98. The Balaban J connectivity index is 1.82. The Morgan fingerprint density at radius 3 is 1.28 bits per heavy atom. The fourth-order valence-electron chi connectivity index (χ4n) is 10.5. The zero-order chi connectivity index (χ0) is 33.2. The number of hydrogen-bond donors (Lipinski definition) is 0. The van der Waals surface area contributed by atoms with E-state index in [2.05, 4.69) is 78.9 Å². The predicted molar refractivity (Wildman–Crippen MR) is 202 cm³/mol. The third kappa shape index (κ3) is 6.96. The van der Waals surface area contributed by atoms with Gasteiger partial charge in [0.2, 0.25) is 5.62 Å². The molecule has 0 saturated heterocycles. The second kappa shape index (κ2) is 15.4. The van der Waals surface area contributed by atoms with Crippen molar-refractivity contribution in [2.45, 2.75) is 232 Å². The molecule has 6 rings (SSSR count). The minimum absolute atomic E-state index is 0.414. The molecule has 0 bridgehead atoms. The van der Waals surface area contributed by atoms with E-state index in [0.717, 1.165) is 0 Å². The van der Waals surface area contributed by atoms with E-state index in [1.54, 1.807) is 11.2 Å². The van der Waals surface area contributed by atoms with Crippen LogP contribution in [0.2, 0.25) is 0 Å². The summed E-state index contributed by atoms with van der Waals surface area (Å²) < 4.78 is 8.83. The van der Waals surface area contributed by atoms with Crippen LogP contribution >= 0.6 is 0 Å². The number of nitrogens with zero attached hydrogens (tertiary/aromatic N) is 6. The molecule has 0 atom stereocenters. The van der Waals surface area contributed by atoms with Gasteiger partial charge in [-0.15, -0.1) is 0 Å². The van der Waals surface area contributed by atoms with E-state index in [1.165, 1.54) is 146 Å². The van der Waals surface area contributed by atoms with Crippen molar-refractivity contribution >= 4 is 22.7 Å². The zero-order valence-electron chi connectivity index (χ0n) is 31.9. The molecule has 0 spiro atoms. The van der Waals surface area contributed by atoms with Gasteiger partial charge in [0.05, 0.1) is 6.04 Å². The summed E-state index contributed by atoms with van der Waals surface area (Å²) in [5.41, 5.74) is 5.99. The molecule has 0 aliphatic heterocycles. The highest BCUT2D eigenvalue weighted by molar-refractivity contribution is 5.99. The number of anilines is 2. The Morgan fingerprint density at radius 1 is 0.468 bits per heavy atom. The first-order valence-corrected chi connectivity index (χ1v) is 20.7. The third-order valence-corrected chi connectivity index (χ3v) is 12.4. The molecule has 6 nitrogen and oxygen atoms in total. The molecule has 0 amide bonds. The Morgan fingerprint density at radius 2 is 0.851 bits per heavy atom. The second-order valence-electron chi connectivity index (χ2n) is 17.2. The minimum Gasteiger partial charge on any atom is -0.362 e. The van der Waals surface area contributed by atoms with Gasteiger partial charge >= 0.3 is 0 Å². The van der Waals surface area contributed by atoms with Crippen molar-refractivity contribution in [3.05, 3.63) is 5.62 Å². The van der Waals surface area contributed by atoms with Crippen LogP contribution in [0.4, 0.5) is 11.5 Å². The van der Waals surface area contributed by atoms with Crippen LogP contribution in [0, 0.1) is 0 Å². The van der Waals surface area contributed by atoms with Gasteiger partial charge < -0.3 is 18.9 Å². The smallest absolute Gasteiger partial charge is 0.207 e. The maximum Gasteiger partial charge on any atom is 0.207 e. The average molecular weight is 649 g/mol. The van der Waals surface area contributed by atoms with Crippen LogP contribution in [0.5, 0.6) is 0 Å². The van der Waals surface area contributed by atoms with Gasteiger partial charge in [-0.2, -0.15) is 0 Å². The van der Waals surface area contributed by atoms with Crippen molar-refractivity contribution in [3.8, 4) is 0 Å². The summed E-state index contributed by atoms with van der Waals surface area (Å²) in [6, 6.07) is 3.79. The van der Waals surface area contributed by atoms with Crippen molar-refractivity contribution in [1.29, 1.82) is 0 Å². The van der Waals surface area contributed by atoms with E-state index < -0.39 is 0 Å². The summed E-state index contributed by atoms with van der Waals surface area (Å²) in [4.78, 5) is 11.6. The van der Waals surface area contributed by atoms with Gasteiger partial charge in [0, 0.05) is 42.3 Å². The first kappa shape index (κ1) is 35.0. The van der Waals surface area contributed by atoms with Crippen molar-refractivity contribution in [2.75, 3.05) is 9.80 Å². The number of aromatic nitrogens is 3. The lowest BCUT2D eigenvalue weighted by Crippen LogP contribution is -2.43. The average Bonchev–Trinajstić information content (AvgIpc) is 3.54. The molecule has 2 aromatic rings. The normalized spacial score (nSPS) is 22.2. The quantitative estimate of drug-likeness (QED) is 0.257. The molecule has 0 radical (unpaired) electrons. The highest BCUT2D eigenvalue weighted by Gasteiger charge is 2.40. The van der Waals surface area contributed by atoms with Gasteiger partial charge in [0.15, 0.2) is 0 Å². The molecule has 2 aromatic heterocycles. The monoisotopic (exact) mass is 649 g/mol. The second-order valence-corrected chi connectivity index (χ2v) is 17.2. The summed E-state index contributed by atoms with van der Waals surface area (Å²) >= 11 is 0. The first-order chi connectivity index (χ1) is 22.7. The molecule has 4 saturated carbocycles. The molecule has 2 heterocycles. The van der Waals surface area contributed by atoms with E-state index in [9.17, 15) is 0 Å². The molecule has 4 aliphatic carbocycles. The van der Waals surface area contributed by atoms with Crippen LogP contribution in [0.25, 0.3) is 11.2 Å². The molecule has 266 valence electrons. The number of hydrogen-bond acceptors (Lipinski definition) is 3. The summed E-state index contributed by atoms with van der Waals surface area (Å²) in [6.07, 6.45) is 26.7. The Kier molecular flexibility index (Phi) is 11.4. The van der Waals surface area contributed by atoms with E-state index in [-0.39, 0.29) is 0 Å². The van der Waals surface area contributed by atoms with Gasteiger partial charge in [0.1, 0.15) is 22.7 Å². The van der Waals surface area contributed by atoms with E-state index >= 15 is 0 Å². The highest BCUT2D eigenvalue weighted by Crippen LogP contribution is 2.50. The summed E-state index contributed by atoms with van der Waals surface area (Å²) in [5.74, 6) is 1.52. The van der Waals surface area contributed by atoms with Crippen molar-refractivity contribution in [3.63, 3.8) is 0 Å². The van der Waals surface area contributed by atoms with Crippen molar-refractivity contribution < 1.29 is 0 Å². The van der Waals surface area contributed by atoms with Gasteiger partial charge in [-0.05, 0) is 107 Å². The molecule has 0 aromatic carbocycles. The van der Waals surface area contributed by atoms with Gasteiger partial charge in [-0.1, -0.05) is 77.0 Å². The van der Waals surface area contributed by atoms with Crippen LogP contribution in [0.15, 0.2) is 4.99 Å². The lowest BCUT2D eigenvalue weighted by Gasteiger charge is -2.41. The molecular weight excluding hydrogens is 576 g/mol. The molecule has 4 aliphatic rings. The van der Waals surface area contributed by atoms with E-state index in [0.29, 0.717) is 48.3 Å². The molecule has 47 heavy (non-hydrogen) atoms. The Hall–Kier alpha value is -1.85. The van der Waals surface area contributed by atoms with Crippen molar-refractivity contribution in [1.82, 2.24) is 13.7 Å². The number of fused-ring (bicyclic) bond motifs is 1. The summed E-state index contributed by atoms with van der Waals surface area (Å²) in [7, 11) is 0. The van der Waals surface area contributed by atoms with Crippen LogP contribution in [-0.4, -0.2) is 43.9 Å². The lowest BCUT2D eigenvalue weighted by atomic mass is 9.94. The minimum atomic E-state index is 0.414. The predicted octanol–water partition coefficient (Wildman–Crippen LogP) is 11.2. The van der Waals surface area contributed by atoms with E-state index in [1.807, 2.05) is 0 Å². The number of rotatable bonds is 10. The lowest BCUT2D eigenvalue weighted by molar-refractivity contribution is 0.309. The van der Waals surface area contributed by atoms with Crippen LogP contribution < -0.4 is 15.4 Å². The third-order valence-electron chi connectivity index (χ3n) is 12.4. The molecule has 0 N–H and O–H groups in total. The SMILES string of the molecule is CC(C)N(c1c(N(C(C)C)C(C)C)n(C2CCCCC2)c2c1n(C1CCCCC1)c(=NC1CCCCC1)n2C1CCCCC1)C(C)C. The fraction of sp³-hybridized carbons (Fsp3) is 0.878. The maximum absolute atomic E-state index is 5.98. The van der Waals surface area contributed by atoms with Gasteiger partial charge in [0.25, 0.3) is 0 Å². The molecular formula is C41H72N6. The van der Waals surface area contributed by atoms with Gasteiger partial charge in [-0.25, -0.2) is 4.99 Å². The molecule has 4 fully saturated rings. The fourth-order valence-corrected chi connectivity index (χ4v) is 10.5. The number of imidazole rings is 1. The molecule has 6 heteroatoms. The van der Waals surface area contributed by atoms with Crippen LogP contribution in [0.1, 0.15) is 202 Å². The summed E-state index contributed by atoms with van der Waals surface area (Å²) in [6.45, 7) is 19.5. The van der Waals surface area contributed by atoms with E-state index in [4.69, 9.17) is 4.99 Å². The topological polar surface area (TPSA) is 33.6 Å². The Bertz CT molecular complexity index is 1330. The van der Waals surface area contributed by atoms with Gasteiger partial charge in [-0.3, -0.25) is 4.57 Å². The van der Waals surface area contributed by atoms with Crippen LogP contribution in [-0.2, 0) is 0 Å².